The van der Waals surface area contributed by atoms with E-state index in [4.69, 9.17) is 4.74 Å². The number of esters is 1. The van der Waals surface area contributed by atoms with Gasteiger partial charge in [0.05, 0.1) is 18.4 Å². The fourth-order valence-corrected chi connectivity index (χ4v) is 1.99. The van der Waals surface area contributed by atoms with Gasteiger partial charge in [0.25, 0.3) is 0 Å². The van der Waals surface area contributed by atoms with E-state index in [0.717, 1.165) is 18.7 Å². The fourth-order valence-electron chi connectivity index (χ4n) is 1.99. The van der Waals surface area contributed by atoms with Crippen LogP contribution in [0.25, 0.3) is 0 Å². The van der Waals surface area contributed by atoms with Crippen molar-refractivity contribution in [3.05, 3.63) is 29.6 Å². The molecule has 2 rings (SSSR count). The lowest BCUT2D eigenvalue weighted by Gasteiger charge is -2.23. The molecule has 1 aromatic rings. The normalized spacial score (nSPS) is 20.4. The average Bonchev–Trinajstić information content (AvgIpc) is 2.39. The molecule has 1 fully saturated rings. The molecule has 1 atom stereocenters. The largest absolute Gasteiger partial charge is 0.465 e. The number of aromatic nitrogens is 1. The van der Waals surface area contributed by atoms with Crippen molar-refractivity contribution < 1.29 is 9.53 Å². The van der Waals surface area contributed by atoms with Crippen LogP contribution in [-0.4, -0.2) is 24.6 Å². The third kappa shape index (κ3) is 2.39. The third-order valence-electron chi connectivity index (χ3n) is 2.87. The van der Waals surface area contributed by atoms with Gasteiger partial charge in [0.2, 0.25) is 0 Å². The first-order valence-corrected chi connectivity index (χ1v) is 5.59. The summed E-state index contributed by atoms with van der Waals surface area (Å²) in [6.07, 6.45) is 5.17. The van der Waals surface area contributed by atoms with Crippen molar-refractivity contribution in [2.24, 2.45) is 0 Å². The second-order valence-corrected chi connectivity index (χ2v) is 3.96. The van der Waals surface area contributed by atoms with Crippen molar-refractivity contribution in [3.8, 4) is 0 Å². The van der Waals surface area contributed by atoms with Crippen LogP contribution in [0.2, 0.25) is 0 Å². The molecule has 4 nitrogen and oxygen atoms in total. The van der Waals surface area contributed by atoms with E-state index in [-0.39, 0.29) is 12.0 Å². The first-order valence-electron chi connectivity index (χ1n) is 5.59. The van der Waals surface area contributed by atoms with Gasteiger partial charge in [-0.1, -0.05) is 6.42 Å². The van der Waals surface area contributed by atoms with Gasteiger partial charge >= 0.3 is 5.97 Å². The second-order valence-electron chi connectivity index (χ2n) is 3.96. The van der Waals surface area contributed by atoms with Crippen molar-refractivity contribution in [1.82, 2.24) is 10.3 Å². The smallest absolute Gasteiger partial charge is 0.337 e. The first-order chi connectivity index (χ1) is 7.81. The Kier molecular flexibility index (Phi) is 3.51. The highest BCUT2D eigenvalue weighted by Crippen LogP contribution is 2.21. The van der Waals surface area contributed by atoms with Crippen molar-refractivity contribution in [2.75, 3.05) is 13.7 Å². The Morgan fingerprint density at radius 1 is 1.56 bits per heavy atom. The lowest BCUT2D eigenvalue weighted by molar-refractivity contribution is 0.0600. The van der Waals surface area contributed by atoms with E-state index >= 15 is 0 Å². The zero-order valence-corrected chi connectivity index (χ0v) is 9.40. The molecule has 2 heterocycles. The number of hydrogen-bond acceptors (Lipinski definition) is 4. The Labute approximate surface area is 95.0 Å². The van der Waals surface area contributed by atoms with Crippen LogP contribution in [0.1, 0.15) is 41.4 Å². The molecular weight excluding hydrogens is 204 g/mol. The number of piperidine rings is 1. The first kappa shape index (κ1) is 11.1. The summed E-state index contributed by atoms with van der Waals surface area (Å²) in [4.78, 5) is 15.7. The molecule has 86 valence electrons. The van der Waals surface area contributed by atoms with Crippen LogP contribution in [-0.2, 0) is 4.74 Å². The number of methoxy groups -OCH3 is 1. The molecule has 16 heavy (non-hydrogen) atoms. The summed E-state index contributed by atoms with van der Waals surface area (Å²) in [6, 6.07) is 3.77. The molecule has 1 aliphatic rings. The lowest BCUT2D eigenvalue weighted by atomic mass is 10.0. The molecule has 1 N–H and O–H groups in total. The lowest BCUT2D eigenvalue weighted by Crippen LogP contribution is -2.27. The van der Waals surface area contributed by atoms with Crippen molar-refractivity contribution >= 4 is 5.97 Å². The summed E-state index contributed by atoms with van der Waals surface area (Å²) in [7, 11) is 1.39. The van der Waals surface area contributed by atoms with Crippen LogP contribution < -0.4 is 5.32 Å². The molecule has 1 unspecified atom stereocenters. The van der Waals surface area contributed by atoms with Gasteiger partial charge in [-0.2, -0.15) is 0 Å². The van der Waals surface area contributed by atoms with Gasteiger partial charge in [0.1, 0.15) is 0 Å². The Bertz CT molecular complexity index is 373. The third-order valence-corrected chi connectivity index (χ3v) is 2.87. The van der Waals surface area contributed by atoms with Gasteiger partial charge < -0.3 is 10.1 Å². The Balaban J connectivity index is 2.17. The number of pyridine rings is 1. The Morgan fingerprint density at radius 3 is 3.12 bits per heavy atom. The van der Waals surface area contributed by atoms with Crippen LogP contribution in [0.5, 0.6) is 0 Å². The zero-order chi connectivity index (χ0) is 11.4. The van der Waals surface area contributed by atoms with Crippen LogP contribution in [0.4, 0.5) is 0 Å². The highest BCUT2D eigenvalue weighted by molar-refractivity contribution is 5.89. The molecule has 0 aliphatic carbocycles. The van der Waals surface area contributed by atoms with Gasteiger partial charge in [0.15, 0.2) is 0 Å². The second kappa shape index (κ2) is 5.07. The van der Waals surface area contributed by atoms with Crippen LogP contribution in [0.15, 0.2) is 18.3 Å². The number of carbonyl (C=O) groups is 1. The van der Waals surface area contributed by atoms with Gasteiger partial charge in [0, 0.05) is 12.2 Å². The quantitative estimate of drug-likeness (QED) is 0.770. The summed E-state index contributed by atoms with van der Waals surface area (Å²) in [5.41, 5.74) is 1.50. The van der Waals surface area contributed by atoms with Crippen molar-refractivity contribution in [2.45, 2.75) is 25.3 Å². The van der Waals surface area contributed by atoms with Gasteiger partial charge in [-0.15, -0.1) is 0 Å². The van der Waals surface area contributed by atoms with Gasteiger partial charge in [-0.05, 0) is 31.5 Å². The Morgan fingerprint density at radius 2 is 2.44 bits per heavy atom. The summed E-state index contributed by atoms with van der Waals surface area (Å²) in [6.45, 7) is 1.02. The summed E-state index contributed by atoms with van der Waals surface area (Å²) in [5.74, 6) is -0.306. The van der Waals surface area contributed by atoms with E-state index in [0.29, 0.717) is 5.56 Å². The van der Waals surface area contributed by atoms with Crippen LogP contribution in [0, 0.1) is 0 Å². The standard InChI is InChI=1S/C12H16N2O2/c1-16-12(15)9-5-7-14-11(8-9)10-4-2-3-6-13-10/h5,7-8,10,13H,2-4,6H2,1H3. The molecule has 0 saturated carbocycles. The van der Waals surface area contributed by atoms with E-state index in [2.05, 4.69) is 10.3 Å². The highest BCUT2D eigenvalue weighted by atomic mass is 16.5. The summed E-state index contributed by atoms with van der Waals surface area (Å²) in [5, 5.41) is 3.40. The molecule has 0 aromatic carbocycles. The number of nitrogens with one attached hydrogen (secondary N) is 1. The highest BCUT2D eigenvalue weighted by Gasteiger charge is 2.17. The summed E-state index contributed by atoms with van der Waals surface area (Å²) >= 11 is 0. The maximum absolute atomic E-state index is 11.4. The average molecular weight is 220 g/mol. The van der Waals surface area contributed by atoms with Gasteiger partial charge in [-0.3, -0.25) is 4.98 Å². The SMILES string of the molecule is COC(=O)c1ccnc(C2CCCCN2)c1. The minimum absolute atomic E-state index is 0.276. The predicted molar refractivity (Wildman–Crippen MR) is 60.2 cm³/mol. The Hall–Kier alpha value is -1.42. The number of hydrogen-bond donors (Lipinski definition) is 1. The van der Waals surface area contributed by atoms with E-state index in [1.165, 1.54) is 20.0 Å². The number of nitrogens with zero attached hydrogens (tertiary/aromatic N) is 1. The predicted octanol–water partition coefficient (Wildman–Crippen LogP) is 1.68. The molecule has 1 aliphatic heterocycles. The maximum atomic E-state index is 11.4. The minimum atomic E-state index is -0.306. The molecule has 0 bridgehead atoms. The fraction of sp³-hybridized carbons (Fsp3) is 0.500. The molecule has 4 heteroatoms. The van der Waals surface area contributed by atoms with E-state index in [9.17, 15) is 4.79 Å². The number of carbonyl (C=O) groups excluding carboxylic acids is 1. The molecule has 0 amide bonds. The summed E-state index contributed by atoms with van der Waals surface area (Å²) < 4.78 is 4.69. The maximum Gasteiger partial charge on any atom is 0.337 e. The molecule has 0 spiro atoms. The van der Waals surface area contributed by atoms with E-state index < -0.39 is 0 Å². The van der Waals surface area contributed by atoms with Crippen molar-refractivity contribution in [1.29, 1.82) is 0 Å². The van der Waals surface area contributed by atoms with E-state index in [1.807, 2.05) is 6.07 Å². The monoisotopic (exact) mass is 220 g/mol. The van der Waals surface area contributed by atoms with Crippen LogP contribution >= 0.6 is 0 Å². The number of ether oxygens (including phenoxy) is 1. The molecule has 0 radical (unpaired) electrons. The van der Waals surface area contributed by atoms with Crippen LogP contribution in [0.3, 0.4) is 0 Å². The van der Waals surface area contributed by atoms with Gasteiger partial charge in [-0.25, -0.2) is 4.79 Å². The van der Waals surface area contributed by atoms with E-state index in [1.54, 1.807) is 12.3 Å². The molecule has 1 aromatic heterocycles. The molecular formula is C12H16N2O2. The minimum Gasteiger partial charge on any atom is -0.465 e. The molecule has 1 saturated heterocycles. The van der Waals surface area contributed by atoms with Crippen molar-refractivity contribution in [3.63, 3.8) is 0 Å². The zero-order valence-electron chi connectivity index (χ0n) is 9.40. The number of rotatable bonds is 2. The topological polar surface area (TPSA) is 51.2 Å².